The molecule has 1 unspecified atom stereocenters. The van der Waals surface area contributed by atoms with Gasteiger partial charge in [0, 0.05) is 5.56 Å². The van der Waals surface area contributed by atoms with Crippen LogP contribution in [-0.2, 0) is 5.60 Å². The van der Waals surface area contributed by atoms with Crippen LogP contribution in [0, 0.1) is 19.8 Å². The van der Waals surface area contributed by atoms with Gasteiger partial charge in [-0.3, -0.25) is 0 Å². The molecule has 0 spiro atoms. The lowest BCUT2D eigenvalue weighted by Gasteiger charge is -2.31. The van der Waals surface area contributed by atoms with Gasteiger partial charge in [-0.25, -0.2) is 0 Å². The van der Waals surface area contributed by atoms with Crippen LogP contribution >= 0.6 is 0 Å². The molecule has 1 N–H and O–H groups in total. The van der Waals surface area contributed by atoms with Crippen LogP contribution in [0.2, 0.25) is 0 Å². The minimum Gasteiger partial charge on any atom is -0.487 e. The summed E-state index contributed by atoms with van der Waals surface area (Å²) in [5.41, 5.74) is 5.40. The molecule has 27 heavy (non-hydrogen) atoms. The highest BCUT2D eigenvalue weighted by molar-refractivity contribution is 5.83. The second-order valence-electron chi connectivity index (χ2n) is 8.58. The van der Waals surface area contributed by atoms with Gasteiger partial charge in [0.2, 0.25) is 0 Å². The number of aryl methyl sites for hydroxylation is 2. The number of benzene rings is 2. The Bertz CT molecular complexity index is 864. The summed E-state index contributed by atoms with van der Waals surface area (Å²) in [6.07, 6.45) is 0.0696. The zero-order chi connectivity index (χ0) is 20.1. The molecular weight excluding hydrogens is 336 g/mol. The minimum atomic E-state index is -1.03. The highest BCUT2D eigenvalue weighted by Crippen LogP contribution is 2.54. The van der Waals surface area contributed by atoms with Gasteiger partial charge in [-0.15, -0.1) is 0 Å². The van der Waals surface area contributed by atoms with Crippen LogP contribution in [0.1, 0.15) is 63.8 Å². The molecule has 0 radical (unpaired) electrons. The summed E-state index contributed by atoms with van der Waals surface area (Å²) in [5, 5.41) is 11.8. The molecule has 3 rings (SSSR count). The zero-order valence-electron chi connectivity index (χ0n) is 17.8. The topological polar surface area (TPSA) is 38.7 Å². The van der Waals surface area contributed by atoms with Gasteiger partial charge in [0.25, 0.3) is 0 Å². The average molecular weight is 369 g/mol. The summed E-state index contributed by atoms with van der Waals surface area (Å²) in [4.78, 5) is 0. The van der Waals surface area contributed by atoms with E-state index in [0.717, 1.165) is 28.0 Å². The summed E-state index contributed by atoms with van der Waals surface area (Å²) in [6.45, 7) is 16.4. The van der Waals surface area contributed by atoms with Gasteiger partial charge in [-0.2, -0.15) is 0 Å². The third-order valence-electron chi connectivity index (χ3n) is 5.39. The predicted molar refractivity (Wildman–Crippen MR) is 111 cm³/mol. The van der Waals surface area contributed by atoms with Crippen LogP contribution < -0.4 is 9.47 Å². The lowest BCUT2D eigenvalue weighted by atomic mass is 9.80. The van der Waals surface area contributed by atoms with Crippen molar-refractivity contribution < 1.29 is 14.6 Å². The third-order valence-corrected chi connectivity index (χ3v) is 5.39. The molecule has 3 heteroatoms. The van der Waals surface area contributed by atoms with E-state index < -0.39 is 5.60 Å². The van der Waals surface area contributed by atoms with Gasteiger partial charge < -0.3 is 14.6 Å². The van der Waals surface area contributed by atoms with E-state index in [1.807, 2.05) is 39.8 Å². The molecular formula is C24H32O3. The molecule has 0 aromatic heterocycles. The van der Waals surface area contributed by atoms with Crippen LogP contribution in [0.4, 0.5) is 0 Å². The molecule has 1 atom stereocenters. The second kappa shape index (κ2) is 6.87. The summed E-state index contributed by atoms with van der Waals surface area (Å²) >= 11 is 0. The van der Waals surface area contributed by atoms with E-state index in [1.165, 1.54) is 11.1 Å². The first-order valence-electron chi connectivity index (χ1n) is 9.92. The standard InChI is InChI=1S/C24H32O3/c1-13(2)24(25)20-10-17(8)16(7)9-18(20)19-11-22(26-14(3)4)23(12-21(19)24)27-15(5)6/h9-15,25H,1-8H3. The smallest absolute Gasteiger partial charge is 0.162 e. The molecule has 2 aromatic carbocycles. The molecule has 0 aliphatic heterocycles. The normalized spacial score (nSPS) is 18.2. The molecule has 0 fully saturated rings. The maximum Gasteiger partial charge on any atom is 0.162 e. The van der Waals surface area contributed by atoms with Crippen molar-refractivity contribution in [2.24, 2.45) is 5.92 Å². The van der Waals surface area contributed by atoms with Crippen molar-refractivity contribution in [3.8, 4) is 22.6 Å². The van der Waals surface area contributed by atoms with E-state index >= 15 is 0 Å². The Morgan fingerprint density at radius 2 is 1.15 bits per heavy atom. The van der Waals surface area contributed by atoms with Crippen molar-refractivity contribution in [3.05, 3.63) is 46.5 Å². The van der Waals surface area contributed by atoms with Crippen LogP contribution in [-0.4, -0.2) is 17.3 Å². The maximum atomic E-state index is 11.8. The summed E-state index contributed by atoms with van der Waals surface area (Å²) in [5.74, 6) is 1.45. The Balaban J connectivity index is 2.31. The average Bonchev–Trinajstić information content (AvgIpc) is 2.77. The quantitative estimate of drug-likeness (QED) is 0.730. The number of fused-ring (bicyclic) bond motifs is 3. The fourth-order valence-electron chi connectivity index (χ4n) is 3.91. The van der Waals surface area contributed by atoms with Gasteiger partial charge in [0.05, 0.1) is 12.2 Å². The van der Waals surface area contributed by atoms with Gasteiger partial charge >= 0.3 is 0 Å². The first-order valence-corrected chi connectivity index (χ1v) is 9.92. The van der Waals surface area contributed by atoms with E-state index in [2.05, 4.69) is 39.8 Å². The Kier molecular flexibility index (Phi) is 5.02. The molecule has 2 aromatic rings. The number of ether oxygens (including phenoxy) is 2. The minimum absolute atomic E-state index is 0.0259. The second-order valence-corrected chi connectivity index (χ2v) is 8.58. The number of rotatable bonds is 5. The van der Waals surface area contributed by atoms with Gasteiger partial charge in [0.15, 0.2) is 11.5 Å². The molecule has 0 saturated heterocycles. The molecule has 3 nitrogen and oxygen atoms in total. The highest BCUT2D eigenvalue weighted by atomic mass is 16.5. The van der Waals surface area contributed by atoms with Crippen molar-refractivity contribution in [1.29, 1.82) is 0 Å². The van der Waals surface area contributed by atoms with Crippen LogP contribution in [0.3, 0.4) is 0 Å². The number of hydrogen-bond acceptors (Lipinski definition) is 3. The molecule has 0 amide bonds. The lowest BCUT2D eigenvalue weighted by molar-refractivity contribution is 0.0358. The monoisotopic (exact) mass is 368 g/mol. The maximum absolute atomic E-state index is 11.8. The van der Waals surface area contributed by atoms with Crippen molar-refractivity contribution in [2.45, 2.75) is 73.2 Å². The predicted octanol–water partition coefficient (Wildman–Crippen LogP) is 5.75. The Labute approximate surface area is 163 Å². The summed E-state index contributed by atoms with van der Waals surface area (Å²) in [7, 11) is 0. The van der Waals surface area contributed by atoms with Crippen LogP contribution in [0.25, 0.3) is 11.1 Å². The Hall–Kier alpha value is -2.00. The fourth-order valence-corrected chi connectivity index (χ4v) is 3.91. The van der Waals surface area contributed by atoms with Crippen molar-refractivity contribution in [2.75, 3.05) is 0 Å². The SMILES string of the molecule is Cc1cc2c(cc1C)C(O)(C(C)C)c1cc(OC(C)C)c(OC(C)C)cc1-2. The van der Waals surface area contributed by atoms with Gasteiger partial charge in [0.1, 0.15) is 5.60 Å². The van der Waals surface area contributed by atoms with Crippen LogP contribution in [0.15, 0.2) is 24.3 Å². The fraction of sp³-hybridized carbons (Fsp3) is 0.500. The van der Waals surface area contributed by atoms with Crippen molar-refractivity contribution in [1.82, 2.24) is 0 Å². The first kappa shape index (κ1) is 19.8. The van der Waals surface area contributed by atoms with E-state index in [4.69, 9.17) is 9.47 Å². The Morgan fingerprint density at radius 1 is 0.704 bits per heavy atom. The van der Waals surface area contributed by atoms with E-state index in [9.17, 15) is 5.11 Å². The highest BCUT2D eigenvalue weighted by Gasteiger charge is 2.45. The van der Waals surface area contributed by atoms with Crippen molar-refractivity contribution in [3.63, 3.8) is 0 Å². The largest absolute Gasteiger partial charge is 0.487 e. The van der Waals surface area contributed by atoms with Gasteiger partial charge in [-0.1, -0.05) is 26.0 Å². The van der Waals surface area contributed by atoms with Crippen LogP contribution in [0.5, 0.6) is 11.5 Å². The summed E-state index contributed by atoms with van der Waals surface area (Å²) < 4.78 is 12.1. The molecule has 0 saturated carbocycles. The van der Waals surface area contributed by atoms with E-state index in [0.29, 0.717) is 5.75 Å². The van der Waals surface area contributed by atoms with E-state index in [-0.39, 0.29) is 18.1 Å². The zero-order valence-corrected chi connectivity index (χ0v) is 17.8. The number of aliphatic hydroxyl groups is 1. The third kappa shape index (κ3) is 3.23. The molecule has 1 aliphatic rings. The first-order chi connectivity index (χ1) is 12.6. The van der Waals surface area contributed by atoms with Gasteiger partial charge in [-0.05, 0) is 87.4 Å². The lowest BCUT2D eigenvalue weighted by Crippen LogP contribution is -2.31. The molecule has 146 valence electrons. The molecule has 0 bridgehead atoms. The van der Waals surface area contributed by atoms with Crippen molar-refractivity contribution >= 4 is 0 Å². The number of hydrogen-bond donors (Lipinski definition) is 1. The molecule has 1 aliphatic carbocycles. The Morgan fingerprint density at radius 3 is 1.67 bits per heavy atom. The molecule has 0 heterocycles. The summed E-state index contributed by atoms with van der Waals surface area (Å²) in [6, 6.07) is 8.35. The van der Waals surface area contributed by atoms with E-state index in [1.54, 1.807) is 0 Å².